The number of rotatable bonds is 6. The molecule has 0 radical (unpaired) electrons. The fraction of sp³-hybridized carbons (Fsp3) is 0.214. The van der Waals surface area contributed by atoms with Gasteiger partial charge in [0.25, 0.3) is 5.91 Å². The minimum Gasteiger partial charge on any atom is -0.336 e. The molecular formula is C28H24F4N4OS. The Bertz CT molecular complexity index is 1400. The zero-order valence-electron chi connectivity index (χ0n) is 20.2. The number of carbonyl (C=O) groups excluding carboxylic acids is 1. The zero-order valence-corrected chi connectivity index (χ0v) is 21.0. The van der Waals surface area contributed by atoms with Crippen molar-refractivity contribution >= 4 is 34.4 Å². The quantitative estimate of drug-likeness (QED) is 0.222. The molecule has 0 saturated carbocycles. The molecule has 0 bridgehead atoms. The summed E-state index contributed by atoms with van der Waals surface area (Å²) in [6.45, 7) is 0.443. The summed E-state index contributed by atoms with van der Waals surface area (Å²) in [7, 11) is 0. The van der Waals surface area contributed by atoms with E-state index in [0.29, 0.717) is 5.56 Å². The van der Waals surface area contributed by atoms with Gasteiger partial charge < -0.3 is 9.62 Å². The number of nitrogens with one attached hydrogen (secondary N) is 1. The van der Waals surface area contributed by atoms with Crippen LogP contribution in [-0.2, 0) is 0 Å². The van der Waals surface area contributed by atoms with Crippen LogP contribution < -0.4 is 4.72 Å². The van der Waals surface area contributed by atoms with Crippen molar-refractivity contribution in [3.63, 3.8) is 0 Å². The number of hydrogen-bond donors (Lipinski definition) is 1. The topological polar surface area (TPSA) is 48.5 Å². The van der Waals surface area contributed by atoms with E-state index in [4.69, 9.17) is 0 Å². The van der Waals surface area contributed by atoms with E-state index in [1.165, 1.54) is 16.8 Å². The van der Waals surface area contributed by atoms with Crippen molar-refractivity contribution in [1.29, 1.82) is 0 Å². The molecule has 0 aliphatic carbocycles. The minimum absolute atomic E-state index is 0.0149. The molecule has 1 N–H and O–H groups in total. The molecule has 5 nitrogen and oxygen atoms in total. The van der Waals surface area contributed by atoms with Gasteiger partial charge in [-0.15, -0.1) is 0 Å². The highest BCUT2D eigenvalue weighted by Gasteiger charge is 2.45. The van der Waals surface area contributed by atoms with Gasteiger partial charge in [-0.2, -0.15) is 13.2 Å². The maximum atomic E-state index is 13.9. The van der Waals surface area contributed by atoms with Crippen LogP contribution in [0.25, 0.3) is 10.9 Å². The van der Waals surface area contributed by atoms with E-state index < -0.39 is 18.0 Å². The van der Waals surface area contributed by atoms with Crippen molar-refractivity contribution in [3.8, 4) is 0 Å². The average molecular weight is 541 g/mol. The van der Waals surface area contributed by atoms with Crippen LogP contribution in [0.3, 0.4) is 0 Å². The van der Waals surface area contributed by atoms with Crippen molar-refractivity contribution in [1.82, 2.24) is 14.8 Å². The summed E-state index contributed by atoms with van der Waals surface area (Å²) < 4.78 is 58.1. The van der Waals surface area contributed by atoms with Crippen LogP contribution in [0.15, 0.2) is 90.0 Å². The molecule has 1 aromatic heterocycles. The fourth-order valence-corrected chi connectivity index (χ4v) is 5.35. The third-order valence-corrected chi connectivity index (χ3v) is 7.36. The first-order valence-electron chi connectivity index (χ1n) is 12.0. The number of halogens is 4. The van der Waals surface area contributed by atoms with E-state index >= 15 is 0 Å². The van der Waals surface area contributed by atoms with E-state index in [1.54, 1.807) is 35.4 Å². The van der Waals surface area contributed by atoms with Gasteiger partial charge in [0.2, 0.25) is 0 Å². The zero-order chi connectivity index (χ0) is 26.7. The second-order valence-corrected chi connectivity index (χ2v) is 9.78. The van der Waals surface area contributed by atoms with E-state index in [-0.39, 0.29) is 37.6 Å². The predicted octanol–water partition coefficient (Wildman–Crippen LogP) is 6.55. The fourth-order valence-electron chi connectivity index (χ4n) is 4.57. The minimum atomic E-state index is -4.52. The first-order chi connectivity index (χ1) is 18.3. The SMILES string of the molecule is O=C(c1ccc(NSc2cccc3cccnc23)cc1)N1CCN(C(c2ccc(F)cc2)C(F)(F)F)CC1. The highest BCUT2D eigenvalue weighted by atomic mass is 32.2. The number of amides is 1. The molecule has 1 aliphatic rings. The Hall–Kier alpha value is -3.63. The number of para-hydroxylation sites is 1. The predicted molar refractivity (Wildman–Crippen MR) is 140 cm³/mol. The normalized spacial score (nSPS) is 15.4. The van der Waals surface area contributed by atoms with Gasteiger partial charge in [-0.25, -0.2) is 4.39 Å². The van der Waals surface area contributed by atoms with Gasteiger partial charge in [-0.1, -0.05) is 30.3 Å². The number of fused-ring (bicyclic) bond motifs is 1. The number of alkyl halides is 3. The number of pyridine rings is 1. The van der Waals surface area contributed by atoms with Gasteiger partial charge in [-0.3, -0.25) is 14.7 Å². The highest BCUT2D eigenvalue weighted by Crippen LogP contribution is 2.38. The van der Waals surface area contributed by atoms with Crippen LogP contribution in [0, 0.1) is 5.82 Å². The van der Waals surface area contributed by atoms with Gasteiger partial charge in [0.15, 0.2) is 0 Å². The van der Waals surface area contributed by atoms with E-state index in [1.807, 2.05) is 30.3 Å². The Kier molecular flexibility index (Phi) is 7.53. The lowest BCUT2D eigenvalue weighted by atomic mass is 10.0. The molecule has 10 heteroatoms. The Morgan fingerprint density at radius 2 is 1.58 bits per heavy atom. The lowest BCUT2D eigenvalue weighted by Gasteiger charge is -2.40. The van der Waals surface area contributed by atoms with Crippen LogP contribution >= 0.6 is 11.9 Å². The Morgan fingerprint density at radius 3 is 2.26 bits per heavy atom. The monoisotopic (exact) mass is 540 g/mol. The number of benzene rings is 3. The number of carbonyl (C=O) groups is 1. The van der Waals surface area contributed by atoms with Crippen molar-refractivity contribution in [2.45, 2.75) is 17.1 Å². The molecule has 1 fully saturated rings. The number of hydrogen-bond acceptors (Lipinski definition) is 5. The summed E-state index contributed by atoms with van der Waals surface area (Å²) in [6.07, 6.45) is -2.77. The maximum absolute atomic E-state index is 13.9. The van der Waals surface area contributed by atoms with Crippen molar-refractivity contribution < 1.29 is 22.4 Å². The summed E-state index contributed by atoms with van der Waals surface area (Å²) in [6, 6.07) is 19.4. The first kappa shape index (κ1) is 26.0. The second-order valence-electron chi connectivity index (χ2n) is 8.94. The molecule has 1 unspecified atom stereocenters. The van der Waals surface area contributed by atoms with Crippen LogP contribution in [0.5, 0.6) is 0 Å². The Balaban J connectivity index is 1.20. The Morgan fingerprint density at radius 1 is 0.895 bits per heavy atom. The van der Waals surface area contributed by atoms with Gasteiger partial charge >= 0.3 is 6.18 Å². The van der Waals surface area contributed by atoms with Crippen LogP contribution in [0.2, 0.25) is 0 Å². The van der Waals surface area contributed by atoms with Crippen molar-refractivity contribution in [2.75, 3.05) is 30.9 Å². The third kappa shape index (κ3) is 5.76. The number of piperazine rings is 1. The van der Waals surface area contributed by atoms with Crippen LogP contribution in [-0.4, -0.2) is 53.0 Å². The first-order valence-corrected chi connectivity index (χ1v) is 12.8. The summed E-state index contributed by atoms with van der Waals surface area (Å²) in [5, 5.41) is 1.04. The standard InChI is InChI=1S/C28H24F4N4OS/c29-22-10-6-20(7-11-22)26(28(30,31)32)35-15-17-36(18-16-35)27(37)21-8-12-23(13-9-21)34-38-24-5-1-3-19-4-2-14-33-25(19)24/h1-14,26,34H,15-18H2. The highest BCUT2D eigenvalue weighted by molar-refractivity contribution is 8.00. The third-order valence-electron chi connectivity index (χ3n) is 6.47. The summed E-state index contributed by atoms with van der Waals surface area (Å²) in [4.78, 5) is 21.3. The van der Waals surface area contributed by atoms with Crippen molar-refractivity contribution in [3.05, 3.63) is 102 Å². The molecule has 0 spiro atoms. The van der Waals surface area contributed by atoms with E-state index in [9.17, 15) is 22.4 Å². The number of anilines is 1. The Labute approximate surface area is 221 Å². The largest absolute Gasteiger partial charge is 0.408 e. The molecule has 1 amide bonds. The van der Waals surface area contributed by atoms with Gasteiger partial charge in [-0.05, 0) is 66.0 Å². The number of aromatic nitrogens is 1. The summed E-state index contributed by atoms with van der Waals surface area (Å²) in [5.41, 5.74) is 2.15. The van der Waals surface area contributed by atoms with Crippen LogP contribution in [0.1, 0.15) is 22.0 Å². The van der Waals surface area contributed by atoms with E-state index in [0.717, 1.165) is 45.8 Å². The maximum Gasteiger partial charge on any atom is 0.408 e. The molecule has 1 atom stereocenters. The smallest absolute Gasteiger partial charge is 0.336 e. The molecule has 3 aromatic carbocycles. The summed E-state index contributed by atoms with van der Waals surface area (Å²) in [5.74, 6) is -0.817. The van der Waals surface area contributed by atoms with Gasteiger partial charge in [0.05, 0.1) is 10.4 Å². The molecule has 4 aromatic rings. The molecule has 2 heterocycles. The molecule has 5 rings (SSSR count). The lowest BCUT2D eigenvalue weighted by Crippen LogP contribution is -2.52. The number of nitrogens with zero attached hydrogens (tertiary/aromatic N) is 3. The van der Waals surface area contributed by atoms with Crippen LogP contribution in [0.4, 0.5) is 23.2 Å². The average Bonchev–Trinajstić information content (AvgIpc) is 2.93. The second kappa shape index (κ2) is 11.0. The molecule has 196 valence electrons. The van der Waals surface area contributed by atoms with E-state index in [2.05, 4.69) is 9.71 Å². The summed E-state index contributed by atoms with van der Waals surface area (Å²) >= 11 is 1.42. The lowest BCUT2D eigenvalue weighted by molar-refractivity contribution is -0.189. The van der Waals surface area contributed by atoms with Gasteiger partial charge in [0, 0.05) is 49.0 Å². The van der Waals surface area contributed by atoms with Crippen molar-refractivity contribution in [2.24, 2.45) is 0 Å². The van der Waals surface area contributed by atoms with Gasteiger partial charge in [0.1, 0.15) is 11.9 Å². The molecular weight excluding hydrogens is 516 g/mol. The molecule has 1 aliphatic heterocycles. The molecule has 38 heavy (non-hydrogen) atoms. The molecule has 1 saturated heterocycles.